The van der Waals surface area contributed by atoms with Crippen molar-refractivity contribution >= 4 is 0 Å². The number of hydrogen-bond donors (Lipinski definition) is 1. The Hall–Kier alpha value is -1.30. The van der Waals surface area contributed by atoms with E-state index in [0.717, 1.165) is 24.6 Å². The Kier molecular flexibility index (Phi) is 5.44. The van der Waals surface area contributed by atoms with Gasteiger partial charge in [-0.25, -0.2) is 0 Å². The maximum Gasteiger partial charge on any atom is 0.119 e. The van der Waals surface area contributed by atoms with Crippen LogP contribution < -0.4 is 9.47 Å². The molecule has 1 aliphatic heterocycles. The lowest BCUT2D eigenvalue weighted by Gasteiger charge is -2.32. The van der Waals surface area contributed by atoms with Gasteiger partial charge in [0.25, 0.3) is 0 Å². The number of aliphatic hydroxyl groups excluding tert-OH is 1. The van der Waals surface area contributed by atoms with Gasteiger partial charge in [0.15, 0.2) is 0 Å². The molecule has 0 saturated carbocycles. The fourth-order valence-electron chi connectivity index (χ4n) is 2.09. The predicted octanol–water partition coefficient (Wildman–Crippen LogP) is 0.767. The first-order valence-corrected chi connectivity index (χ1v) is 6.53. The summed E-state index contributed by atoms with van der Waals surface area (Å²) in [4.78, 5) is 2.19. The summed E-state index contributed by atoms with van der Waals surface area (Å²) in [6, 6.07) is 7.50. The molecule has 1 aliphatic rings. The topological polar surface area (TPSA) is 51.2 Å². The van der Waals surface area contributed by atoms with Crippen molar-refractivity contribution in [3.8, 4) is 11.5 Å². The molecule has 19 heavy (non-hydrogen) atoms. The third kappa shape index (κ3) is 4.38. The van der Waals surface area contributed by atoms with Gasteiger partial charge in [-0.05, 0) is 24.3 Å². The second-order valence-corrected chi connectivity index (χ2v) is 4.50. The van der Waals surface area contributed by atoms with Crippen molar-refractivity contribution in [2.45, 2.75) is 6.10 Å². The van der Waals surface area contributed by atoms with Crippen LogP contribution in [0.2, 0.25) is 0 Å². The zero-order valence-electron chi connectivity index (χ0n) is 11.2. The van der Waals surface area contributed by atoms with Crippen LogP contribution in [0.4, 0.5) is 0 Å². The molecular weight excluding hydrogens is 246 g/mol. The van der Waals surface area contributed by atoms with Gasteiger partial charge in [-0.3, -0.25) is 4.90 Å². The first-order chi connectivity index (χ1) is 9.31. The van der Waals surface area contributed by atoms with Crippen LogP contribution in [0.5, 0.6) is 11.5 Å². The zero-order valence-corrected chi connectivity index (χ0v) is 11.2. The minimum absolute atomic E-state index is 0.0578. The number of morpholine rings is 1. The van der Waals surface area contributed by atoms with Crippen LogP contribution in [-0.2, 0) is 4.74 Å². The Morgan fingerprint density at radius 3 is 2.74 bits per heavy atom. The van der Waals surface area contributed by atoms with E-state index >= 15 is 0 Å². The molecule has 1 N–H and O–H groups in total. The van der Waals surface area contributed by atoms with Crippen LogP contribution in [0.25, 0.3) is 0 Å². The molecule has 0 radical (unpaired) electrons. The quantitative estimate of drug-likeness (QED) is 0.825. The number of aliphatic hydroxyl groups is 1. The summed E-state index contributed by atoms with van der Waals surface area (Å²) in [7, 11) is 1.64. The smallest absolute Gasteiger partial charge is 0.119 e. The predicted molar refractivity (Wildman–Crippen MR) is 71.8 cm³/mol. The van der Waals surface area contributed by atoms with Crippen LogP contribution in [0.15, 0.2) is 24.3 Å². The van der Waals surface area contributed by atoms with Crippen LogP contribution in [0.1, 0.15) is 0 Å². The second kappa shape index (κ2) is 7.33. The highest BCUT2D eigenvalue weighted by molar-refractivity contribution is 5.31. The summed E-state index contributed by atoms with van der Waals surface area (Å²) in [5.41, 5.74) is 0. The lowest BCUT2D eigenvalue weighted by atomic mass is 10.3. The van der Waals surface area contributed by atoms with Crippen LogP contribution in [0, 0.1) is 0 Å². The highest BCUT2D eigenvalue weighted by Gasteiger charge is 2.20. The molecule has 0 amide bonds. The van der Waals surface area contributed by atoms with E-state index in [-0.39, 0.29) is 12.7 Å². The number of hydrogen-bond acceptors (Lipinski definition) is 5. The molecule has 5 nitrogen and oxygen atoms in total. The van der Waals surface area contributed by atoms with E-state index in [9.17, 15) is 0 Å². The lowest BCUT2D eigenvalue weighted by Crippen LogP contribution is -2.45. The first-order valence-electron chi connectivity index (χ1n) is 6.53. The Morgan fingerprint density at radius 2 is 2.05 bits per heavy atom. The molecule has 0 bridgehead atoms. The van der Waals surface area contributed by atoms with Crippen LogP contribution in [-0.4, -0.2) is 62.7 Å². The monoisotopic (exact) mass is 267 g/mol. The number of β-amino-alcohol motifs (C(OH)–C–C–N with tert-alkyl or cyclic N) is 1. The normalized spacial score (nSPS) is 20.2. The molecule has 0 aromatic heterocycles. The molecule has 1 aromatic rings. The maximum absolute atomic E-state index is 8.94. The summed E-state index contributed by atoms with van der Waals surface area (Å²) in [6.45, 7) is 3.77. The summed E-state index contributed by atoms with van der Waals surface area (Å²) in [6.07, 6.45) is 0.0578. The molecule has 1 fully saturated rings. The molecule has 0 unspecified atom stereocenters. The molecule has 0 aliphatic carbocycles. The molecule has 1 saturated heterocycles. The molecule has 1 aromatic carbocycles. The molecule has 1 atom stereocenters. The van der Waals surface area contributed by atoms with Gasteiger partial charge >= 0.3 is 0 Å². The standard InChI is InChI=1S/C14H21NO4/c1-17-12-2-4-13(5-3-12)19-11-14-10-15(6-8-16)7-9-18-14/h2-5,14,16H,6-11H2,1H3/t14-/m0/s1. The van der Waals surface area contributed by atoms with E-state index in [0.29, 0.717) is 19.8 Å². The summed E-state index contributed by atoms with van der Waals surface area (Å²) >= 11 is 0. The van der Waals surface area contributed by atoms with E-state index in [1.807, 2.05) is 24.3 Å². The van der Waals surface area contributed by atoms with Gasteiger partial charge in [-0.15, -0.1) is 0 Å². The molecule has 5 heteroatoms. The lowest BCUT2D eigenvalue weighted by molar-refractivity contribution is -0.0508. The van der Waals surface area contributed by atoms with Gasteiger partial charge in [0, 0.05) is 19.6 Å². The Bertz CT molecular complexity index is 366. The molecular formula is C14H21NO4. The zero-order chi connectivity index (χ0) is 13.5. The van der Waals surface area contributed by atoms with Crippen molar-refractivity contribution in [2.24, 2.45) is 0 Å². The summed E-state index contributed by atoms with van der Waals surface area (Å²) in [5.74, 6) is 1.62. The molecule has 0 spiro atoms. The molecule has 2 rings (SSSR count). The van der Waals surface area contributed by atoms with Crippen molar-refractivity contribution in [1.29, 1.82) is 0 Å². The highest BCUT2D eigenvalue weighted by atomic mass is 16.5. The summed E-state index contributed by atoms with van der Waals surface area (Å²) < 4.78 is 16.4. The van der Waals surface area contributed by atoms with Crippen molar-refractivity contribution in [1.82, 2.24) is 4.90 Å². The Labute approximate surface area is 113 Å². The Balaban J connectivity index is 1.77. The van der Waals surface area contributed by atoms with Gasteiger partial charge in [0.05, 0.1) is 20.3 Å². The van der Waals surface area contributed by atoms with Crippen molar-refractivity contribution in [3.63, 3.8) is 0 Å². The average Bonchev–Trinajstić information content (AvgIpc) is 2.46. The fourth-order valence-corrected chi connectivity index (χ4v) is 2.09. The van der Waals surface area contributed by atoms with Crippen molar-refractivity contribution in [3.05, 3.63) is 24.3 Å². The van der Waals surface area contributed by atoms with E-state index < -0.39 is 0 Å². The van der Waals surface area contributed by atoms with E-state index in [2.05, 4.69) is 4.90 Å². The minimum Gasteiger partial charge on any atom is -0.497 e. The van der Waals surface area contributed by atoms with Gasteiger partial charge in [0.2, 0.25) is 0 Å². The summed E-state index contributed by atoms with van der Waals surface area (Å²) in [5, 5.41) is 8.94. The Morgan fingerprint density at radius 1 is 1.32 bits per heavy atom. The number of benzene rings is 1. The van der Waals surface area contributed by atoms with Crippen LogP contribution in [0.3, 0.4) is 0 Å². The van der Waals surface area contributed by atoms with Gasteiger partial charge < -0.3 is 19.3 Å². The van der Waals surface area contributed by atoms with Gasteiger partial charge in [0.1, 0.15) is 24.2 Å². The maximum atomic E-state index is 8.94. The largest absolute Gasteiger partial charge is 0.497 e. The van der Waals surface area contributed by atoms with Gasteiger partial charge in [-0.1, -0.05) is 0 Å². The molecule has 1 heterocycles. The number of methoxy groups -OCH3 is 1. The minimum atomic E-state index is 0.0578. The van der Waals surface area contributed by atoms with Crippen molar-refractivity contribution in [2.75, 3.05) is 46.6 Å². The van der Waals surface area contributed by atoms with E-state index in [1.54, 1.807) is 7.11 Å². The number of nitrogens with zero attached hydrogens (tertiary/aromatic N) is 1. The second-order valence-electron chi connectivity index (χ2n) is 4.50. The fraction of sp³-hybridized carbons (Fsp3) is 0.571. The van der Waals surface area contributed by atoms with Crippen molar-refractivity contribution < 1.29 is 19.3 Å². The SMILES string of the molecule is COc1ccc(OC[C@@H]2CN(CCO)CCO2)cc1. The number of rotatable bonds is 6. The highest BCUT2D eigenvalue weighted by Crippen LogP contribution is 2.17. The van der Waals surface area contributed by atoms with Crippen LogP contribution >= 0.6 is 0 Å². The molecule has 106 valence electrons. The third-order valence-corrected chi connectivity index (χ3v) is 3.13. The number of ether oxygens (including phenoxy) is 3. The average molecular weight is 267 g/mol. The first kappa shape index (κ1) is 14.1. The van der Waals surface area contributed by atoms with E-state index in [4.69, 9.17) is 19.3 Å². The third-order valence-electron chi connectivity index (χ3n) is 3.13. The van der Waals surface area contributed by atoms with Gasteiger partial charge in [-0.2, -0.15) is 0 Å². The van der Waals surface area contributed by atoms with E-state index in [1.165, 1.54) is 0 Å².